The lowest BCUT2D eigenvalue weighted by atomic mass is 9.94. The van der Waals surface area contributed by atoms with Gasteiger partial charge in [0.05, 0.1) is 37.1 Å². The third-order valence-electron chi connectivity index (χ3n) is 6.16. The molecule has 176 valence electrons. The highest BCUT2D eigenvalue weighted by molar-refractivity contribution is 5.83. The number of morpholine rings is 1. The van der Waals surface area contributed by atoms with E-state index in [0.29, 0.717) is 5.95 Å². The molecule has 2 aliphatic heterocycles. The van der Waals surface area contributed by atoms with E-state index in [1.807, 2.05) is 44.3 Å². The van der Waals surface area contributed by atoms with Gasteiger partial charge < -0.3 is 14.8 Å². The van der Waals surface area contributed by atoms with Gasteiger partial charge in [0.15, 0.2) is 0 Å². The Morgan fingerprint density at radius 1 is 1.12 bits per heavy atom. The van der Waals surface area contributed by atoms with Crippen LogP contribution in [0.15, 0.2) is 53.7 Å². The van der Waals surface area contributed by atoms with Gasteiger partial charge >= 0.3 is 0 Å². The zero-order valence-corrected chi connectivity index (χ0v) is 20.0. The Morgan fingerprint density at radius 3 is 2.65 bits per heavy atom. The molecule has 3 heterocycles. The van der Waals surface area contributed by atoms with Crippen LogP contribution in [0, 0.1) is 6.92 Å². The van der Waals surface area contributed by atoms with E-state index in [2.05, 4.69) is 45.3 Å². The van der Waals surface area contributed by atoms with Crippen molar-refractivity contribution >= 4 is 23.5 Å². The average molecular weight is 458 g/mol. The number of hydrogen-bond donors (Lipinski definition) is 1. The van der Waals surface area contributed by atoms with Crippen molar-refractivity contribution < 1.29 is 9.47 Å². The van der Waals surface area contributed by atoms with Gasteiger partial charge in [0.25, 0.3) is 0 Å². The van der Waals surface area contributed by atoms with E-state index in [0.717, 1.165) is 55.7 Å². The van der Waals surface area contributed by atoms with Crippen molar-refractivity contribution in [3.05, 3.63) is 71.0 Å². The Hall–Kier alpha value is -3.29. The fourth-order valence-electron chi connectivity index (χ4n) is 4.35. The molecule has 7 nitrogen and oxygen atoms in total. The first kappa shape index (κ1) is 22.5. The van der Waals surface area contributed by atoms with Crippen LogP contribution < -0.4 is 10.1 Å². The predicted octanol–water partition coefficient (Wildman–Crippen LogP) is 5.00. The number of aromatic nitrogens is 2. The second kappa shape index (κ2) is 9.91. The zero-order valence-electron chi connectivity index (χ0n) is 20.0. The van der Waals surface area contributed by atoms with Crippen molar-refractivity contribution in [3.63, 3.8) is 0 Å². The minimum absolute atomic E-state index is 0.0245. The largest absolute Gasteiger partial charge is 0.491 e. The Bertz CT molecular complexity index is 1170. The van der Waals surface area contributed by atoms with Crippen LogP contribution in [0.4, 0.5) is 17.3 Å². The molecule has 0 bridgehead atoms. The topological polar surface area (TPSA) is 71.9 Å². The molecule has 1 N–H and O–H groups in total. The number of nitrogens with zero attached hydrogens (tertiary/aromatic N) is 4. The average Bonchev–Trinajstić information content (AvgIpc) is 3.25. The molecule has 0 aliphatic carbocycles. The van der Waals surface area contributed by atoms with Crippen molar-refractivity contribution in [3.8, 4) is 5.75 Å². The monoisotopic (exact) mass is 457 g/mol. The number of ether oxygens (including phenoxy) is 2. The molecule has 0 saturated carbocycles. The summed E-state index contributed by atoms with van der Waals surface area (Å²) in [7, 11) is 0. The molecule has 1 atom stereocenters. The Morgan fingerprint density at radius 2 is 1.91 bits per heavy atom. The highest BCUT2D eigenvalue weighted by Crippen LogP contribution is 2.36. The van der Waals surface area contributed by atoms with Crippen LogP contribution in [-0.2, 0) is 11.3 Å². The number of hydrogen-bond acceptors (Lipinski definition) is 7. The molecule has 0 amide bonds. The third kappa shape index (κ3) is 5.11. The summed E-state index contributed by atoms with van der Waals surface area (Å²) in [4.78, 5) is 16.3. The summed E-state index contributed by atoms with van der Waals surface area (Å²) in [6.45, 7) is 10.8. The number of anilines is 2. The van der Waals surface area contributed by atoms with E-state index < -0.39 is 0 Å². The van der Waals surface area contributed by atoms with Crippen LogP contribution >= 0.6 is 0 Å². The first-order valence-corrected chi connectivity index (χ1v) is 11.9. The molecular weight excluding hydrogens is 426 g/mol. The Kier molecular flexibility index (Phi) is 6.56. The molecule has 1 aromatic heterocycles. The summed E-state index contributed by atoms with van der Waals surface area (Å²) in [5.74, 6) is 1.43. The highest BCUT2D eigenvalue weighted by Gasteiger charge is 2.24. The summed E-state index contributed by atoms with van der Waals surface area (Å²) in [6, 6.07) is 14.6. The SMILES string of the molecule is Cc1cc(C2C=Nc3cnc(Nc4ccc(OC(C)C)cc4)nc32)ccc1CN1CCOCC1. The Labute approximate surface area is 200 Å². The molecular formula is C27H31N5O2. The number of nitrogens with one attached hydrogen (secondary N) is 1. The van der Waals surface area contributed by atoms with Gasteiger partial charge in [-0.25, -0.2) is 9.97 Å². The summed E-state index contributed by atoms with van der Waals surface area (Å²) in [5, 5.41) is 3.30. The van der Waals surface area contributed by atoms with Gasteiger partial charge in [0.1, 0.15) is 11.4 Å². The molecule has 7 heteroatoms. The highest BCUT2D eigenvalue weighted by atomic mass is 16.5. The number of rotatable bonds is 7. The molecule has 0 spiro atoms. The van der Waals surface area contributed by atoms with Crippen molar-refractivity contribution in [1.82, 2.24) is 14.9 Å². The van der Waals surface area contributed by atoms with Crippen LogP contribution in [0.25, 0.3) is 0 Å². The van der Waals surface area contributed by atoms with E-state index in [-0.39, 0.29) is 12.0 Å². The minimum Gasteiger partial charge on any atom is -0.491 e. The van der Waals surface area contributed by atoms with Gasteiger partial charge in [-0.05, 0) is 61.7 Å². The van der Waals surface area contributed by atoms with E-state index >= 15 is 0 Å². The number of aliphatic imine (C=N–C) groups is 1. The fraction of sp³-hybridized carbons (Fsp3) is 0.370. The van der Waals surface area contributed by atoms with Crippen LogP contribution in [0.1, 0.15) is 42.1 Å². The van der Waals surface area contributed by atoms with Gasteiger partial charge in [0.2, 0.25) is 5.95 Å². The maximum absolute atomic E-state index is 5.72. The zero-order chi connectivity index (χ0) is 23.5. The van der Waals surface area contributed by atoms with E-state index in [9.17, 15) is 0 Å². The standard InChI is InChI=1S/C27H31N5O2/c1-18(2)34-23-8-6-22(7-9-23)30-27-29-16-25-26(31-27)24(15-28-25)20-4-5-21(19(3)14-20)17-32-10-12-33-13-11-32/h4-9,14-16,18,24H,10-13,17H2,1-3H3,(H,29,30,31). The van der Waals surface area contributed by atoms with Gasteiger partial charge in [-0.1, -0.05) is 18.2 Å². The van der Waals surface area contributed by atoms with Crippen LogP contribution in [0.2, 0.25) is 0 Å². The summed E-state index contributed by atoms with van der Waals surface area (Å²) < 4.78 is 11.2. The van der Waals surface area contributed by atoms with Gasteiger partial charge in [0, 0.05) is 31.5 Å². The van der Waals surface area contributed by atoms with Gasteiger partial charge in [-0.3, -0.25) is 9.89 Å². The maximum atomic E-state index is 5.72. The fourth-order valence-corrected chi connectivity index (χ4v) is 4.35. The summed E-state index contributed by atoms with van der Waals surface area (Å²) in [5.41, 5.74) is 6.52. The molecule has 0 radical (unpaired) electrons. The van der Waals surface area contributed by atoms with Crippen molar-refractivity contribution in [2.75, 3.05) is 31.6 Å². The smallest absolute Gasteiger partial charge is 0.227 e. The van der Waals surface area contributed by atoms with Crippen LogP contribution in [-0.4, -0.2) is 53.5 Å². The lowest BCUT2D eigenvalue weighted by molar-refractivity contribution is 0.0341. The maximum Gasteiger partial charge on any atom is 0.227 e. The minimum atomic E-state index is 0.0245. The number of benzene rings is 2. The first-order chi connectivity index (χ1) is 16.5. The lowest BCUT2D eigenvalue weighted by Gasteiger charge is -2.27. The molecule has 1 unspecified atom stereocenters. The van der Waals surface area contributed by atoms with E-state index in [1.54, 1.807) is 6.20 Å². The first-order valence-electron chi connectivity index (χ1n) is 11.9. The second-order valence-electron chi connectivity index (χ2n) is 9.11. The molecule has 2 aliphatic rings. The lowest BCUT2D eigenvalue weighted by Crippen LogP contribution is -2.35. The number of fused-ring (bicyclic) bond motifs is 1. The molecule has 1 fully saturated rings. The van der Waals surface area contributed by atoms with Crippen molar-refractivity contribution in [2.45, 2.75) is 39.3 Å². The Balaban J connectivity index is 1.31. The second-order valence-corrected chi connectivity index (χ2v) is 9.11. The van der Waals surface area contributed by atoms with Crippen molar-refractivity contribution in [2.24, 2.45) is 4.99 Å². The summed E-state index contributed by atoms with van der Waals surface area (Å²) >= 11 is 0. The van der Waals surface area contributed by atoms with Gasteiger partial charge in [-0.2, -0.15) is 0 Å². The molecule has 3 aromatic rings. The molecule has 34 heavy (non-hydrogen) atoms. The predicted molar refractivity (Wildman–Crippen MR) is 135 cm³/mol. The van der Waals surface area contributed by atoms with E-state index in [1.165, 1.54) is 16.7 Å². The molecule has 5 rings (SSSR count). The molecule has 1 saturated heterocycles. The quantitative estimate of drug-likeness (QED) is 0.539. The van der Waals surface area contributed by atoms with Gasteiger partial charge in [-0.15, -0.1) is 0 Å². The summed E-state index contributed by atoms with van der Waals surface area (Å²) in [6.07, 6.45) is 3.90. The van der Waals surface area contributed by atoms with E-state index in [4.69, 9.17) is 14.5 Å². The normalized spacial score (nSPS) is 17.7. The third-order valence-corrected chi connectivity index (χ3v) is 6.16. The van der Waals surface area contributed by atoms with Crippen LogP contribution in [0.3, 0.4) is 0 Å². The van der Waals surface area contributed by atoms with Crippen molar-refractivity contribution in [1.29, 1.82) is 0 Å². The van der Waals surface area contributed by atoms with Crippen LogP contribution in [0.5, 0.6) is 5.75 Å². The number of aryl methyl sites for hydroxylation is 1. The molecule has 2 aromatic carbocycles.